The van der Waals surface area contributed by atoms with Gasteiger partial charge in [0.1, 0.15) is 36.3 Å². The van der Waals surface area contributed by atoms with Gasteiger partial charge in [-0.3, -0.25) is 28.1 Å². The third-order valence-electron chi connectivity index (χ3n) is 7.69. The number of hydrogen-bond donors (Lipinski definition) is 6. The summed E-state index contributed by atoms with van der Waals surface area (Å²) in [6, 6.07) is 0. The maximum absolute atomic E-state index is 12.5. The number of aliphatic hydroxyl groups is 3. The van der Waals surface area contributed by atoms with E-state index in [1.165, 1.54) is 27.7 Å². The Morgan fingerprint density at radius 3 is 2.38 bits per heavy atom. The summed E-state index contributed by atoms with van der Waals surface area (Å²) in [6.07, 6.45) is -6.98. The molecular formula is C26H40N7O18P3S-4. The number of imidazole rings is 1. The van der Waals surface area contributed by atoms with Crippen LogP contribution in [-0.2, 0) is 56.4 Å². The zero-order valence-electron chi connectivity index (χ0n) is 29.6. The number of rotatable bonds is 21. The van der Waals surface area contributed by atoms with Crippen molar-refractivity contribution >= 4 is 69.1 Å². The van der Waals surface area contributed by atoms with Crippen LogP contribution in [-0.4, -0.2) is 114 Å². The SMILES string of the molecule is CC(O)CC(=O)SCCNC(=O)CCNC(=O)C(O)C(C)(C)COP(=O)([O-])OP(=O)([O-])OCC1OC(C)(n2cnc3c(N)ncnc32)C(O)C1OP(=O)([O-])[O-]. The molecule has 0 radical (unpaired) electrons. The van der Waals surface area contributed by atoms with E-state index >= 15 is 0 Å². The molecule has 1 saturated heterocycles. The van der Waals surface area contributed by atoms with Crippen LogP contribution in [0.5, 0.6) is 0 Å². The summed E-state index contributed by atoms with van der Waals surface area (Å²) in [6.45, 7) is 2.58. The van der Waals surface area contributed by atoms with E-state index in [0.717, 1.165) is 29.0 Å². The summed E-state index contributed by atoms with van der Waals surface area (Å²) in [5.74, 6) is -1.37. The Morgan fingerprint density at radius 2 is 1.75 bits per heavy atom. The summed E-state index contributed by atoms with van der Waals surface area (Å²) in [4.78, 5) is 95.8. The van der Waals surface area contributed by atoms with E-state index in [4.69, 9.17) is 10.5 Å². The van der Waals surface area contributed by atoms with Gasteiger partial charge in [0.15, 0.2) is 22.3 Å². The standard InChI is InChI=1S/C26H44N7O18P3S/c1-14(34)9-17(36)55-8-7-28-16(35)5-6-29-24(39)21(38)25(2,3)11-48-54(45,46)51-53(43,44)47-10-15-19(50-52(40,41)42)20(37)26(4,49-15)33-13-32-18-22(27)30-12-31-23(18)33/h12-15,19-21,34,37-38H,5-11H2,1-4H3,(H,28,35)(H,29,39)(H,43,44)(H,45,46)(H2,27,30,31)(H2,40,41,42)/p-4. The summed E-state index contributed by atoms with van der Waals surface area (Å²) in [5.41, 5.74) is 1.99. The molecule has 55 heavy (non-hydrogen) atoms. The normalized spacial score (nSPS) is 23.8. The highest BCUT2D eigenvalue weighted by Gasteiger charge is 2.55. The molecule has 0 aliphatic carbocycles. The maximum Gasteiger partial charge on any atom is 0.274 e. The minimum atomic E-state index is -5.94. The number of amides is 2. The molecule has 8 atom stereocenters. The van der Waals surface area contributed by atoms with Crippen molar-refractivity contribution in [1.82, 2.24) is 30.2 Å². The van der Waals surface area contributed by atoms with Crippen molar-refractivity contribution < 1.29 is 85.6 Å². The molecular weight excluding hydrogens is 823 g/mol. The number of carbonyl (C=O) groups is 3. The van der Waals surface area contributed by atoms with E-state index in [0.29, 0.717) is 0 Å². The highest BCUT2D eigenvalue weighted by atomic mass is 32.2. The molecule has 1 aliphatic rings. The van der Waals surface area contributed by atoms with Crippen molar-refractivity contribution in [3.63, 3.8) is 0 Å². The van der Waals surface area contributed by atoms with Crippen LogP contribution in [0.25, 0.3) is 11.2 Å². The van der Waals surface area contributed by atoms with Crippen molar-refractivity contribution in [2.75, 3.05) is 37.8 Å². The molecule has 2 aromatic rings. The highest BCUT2D eigenvalue weighted by molar-refractivity contribution is 8.13. The molecule has 0 aromatic carbocycles. The number of nitrogen functional groups attached to an aromatic ring is 1. The Kier molecular flexibility index (Phi) is 16.1. The maximum atomic E-state index is 12.5. The quantitative estimate of drug-likeness (QED) is 0.0515. The van der Waals surface area contributed by atoms with Gasteiger partial charge in [0.2, 0.25) is 11.8 Å². The molecule has 7 N–H and O–H groups in total. The molecule has 2 amide bonds. The average molecular weight is 864 g/mol. The van der Waals surface area contributed by atoms with Gasteiger partial charge in [-0.05, 0) is 13.8 Å². The number of thioether (sulfide) groups is 1. The summed E-state index contributed by atoms with van der Waals surface area (Å²) < 4.78 is 60.9. The molecule has 25 nitrogen and oxygen atoms in total. The second-order valence-corrected chi connectivity index (χ2v) is 18.0. The van der Waals surface area contributed by atoms with Gasteiger partial charge in [-0.25, -0.2) is 19.3 Å². The predicted molar refractivity (Wildman–Crippen MR) is 179 cm³/mol. The topological polar surface area (TPSA) is 395 Å². The Bertz CT molecular complexity index is 1830. The van der Waals surface area contributed by atoms with Gasteiger partial charge in [-0.15, -0.1) is 0 Å². The van der Waals surface area contributed by atoms with Crippen LogP contribution < -0.4 is 35.9 Å². The van der Waals surface area contributed by atoms with E-state index in [2.05, 4.69) is 43.5 Å². The lowest BCUT2D eigenvalue weighted by atomic mass is 9.87. The van der Waals surface area contributed by atoms with Gasteiger partial charge < -0.3 is 74.1 Å². The Morgan fingerprint density at radius 1 is 1.09 bits per heavy atom. The number of carbonyl (C=O) groups excluding carboxylic acids is 3. The van der Waals surface area contributed by atoms with Crippen molar-refractivity contribution in [3.8, 4) is 0 Å². The third-order valence-corrected chi connectivity index (χ3v) is 11.6. The van der Waals surface area contributed by atoms with Crippen LogP contribution in [0.3, 0.4) is 0 Å². The monoisotopic (exact) mass is 863 g/mol. The molecule has 312 valence electrons. The molecule has 3 rings (SSSR count). The Balaban J connectivity index is 1.54. The fourth-order valence-electron chi connectivity index (χ4n) is 4.89. The van der Waals surface area contributed by atoms with Crippen LogP contribution >= 0.6 is 35.2 Å². The molecule has 29 heteroatoms. The van der Waals surface area contributed by atoms with Crippen molar-refractivity contribution in [2.24, 2.45) is 5.41 Å². The smallest absolute Gasteiger partial charge is 0.274 e. The number of phosphoric acid groups is 3. The molecule has 0 spiro atoms. The lowest BCUT2D eigenvalue weighted by molar-refractivity contribution is -0.347. The van der Waals surface area contributed by atoms with Gasteiger partial charge in [-0.1, -0.05) is 25.6 Å². The van der Waals surface area contributed by atoms with Gasteiger partial charge >= 0.3 is 0 Å². The van der Waals surface area contributed by atoms with E-state index in [1.807, 2.05) is 0 Å². The van der Waals surface area contributed by atoms with E-state index in [1.54, 1.807) is 0 Å². The Hall–Kier alpha value is -2.48. The first kappa shape index (κ1) is 46.9. The zero-order chi connectivity index (χ0) is 41.6. The highest BCUT2D eigenvalue weighted by Crippen LogP contribution is 2.56. The molecule has 2 aromatic heterocycles. The lowest BCUT2D eigenvalue weighted by Gasteiger charge is -2.36. The fourth-order valence-corrected chi connectivity index (χ4v) is 8.40. The van der Waals surface area contributed by atoms with Crippen molar-refractivity contribution in [1.29, 1.82) is 0 Å². The predicted octanol–water partition coefficient (Wildman–Crippen LogP) is -3.92. The summed E-state index contributed by atoms with van der Waals surface area (Å²) >= 11 is 0.927. The van der Waals surface area contributed by atoms with Crippen LogP contribution in [0.4, 0.5) is 5.82 Å². The zero-order valence-corrected chi connectivity index (χ0v) is 33.1. The van der Waals surface area contributed by atoms with Crippen LogP contribution in [0.2, 0.25) is 0 Å². The first-order valence-corrected chi connectivity index (χ1v) is 21.3. The first-order valence-electron chi connectivity index (χ1n) is 16.0. The number of nitrogens with one attached hydrogen (secondary N) is 2. The van der Waals surface area contributed by atoms with Crippen LogP contribution in [0.15, 0.2) is 12.7 Å². The second kappa shape index (κ2) is 18.9. The van der Waals surface area contributed by atoms with Gasteiger partial charge in [0.25, 0.3) is 15.6 Å². The number of aromatic nitrogens is 4. The number of nitrogens with two attached hydrogens (primary N) is 1. The first-order chi connectivity index (χ1) is 25.3. The molecule has 0 bridgehead atoms. The van der Waals surface area contributed by atoms with E-state index in [9.17, 15) is 63.0 Å². The average Bonchev–Trinajstić information content (AvgIpc) is 3.60. The van der Waals surface area contributed by atoms with E-state index < -0.39 is 90.2 Å². The number of anilines is 1. The number of hydrogen-bond acceptors (Lipinski definition) is 23. The number of phosphoric ester groups is 3. The number of ether oxygens (including phenoxy) is 1. The minimum absolute atomic E-state index is 0.0305. The van der Waals surface area contributed by atoms with Crippen LogP contribution in [0.1, 0.15) is 40.5 Å². The van der Waals surface area contributed by atoms with Crippen molar-refractivity contribution in [2.45, 2.75) is 76.8 Å². The number of aliphatic hydroxyl groups excluding tert-OH is 3. The largest absolute Gasteiger partial charge is 0.790 e. The lowest BCUT2D eigenvalue weighted by Crippen LogP contribution is -2.46. The number of nitrogens with zero attached hydrogens (tertiary/aromatic N) is 4. The molecule has 8 unspecified atom stereocenters. The minimum Gasteiger partial charge on any atom is -0.790 e. The molecule has 3 heterocycles. The van der Waals surface area contributed by atoms with Gasteiger partial charge in [-0.2, -0.15) is 0 Å². The summed E-state index contributed by atoms with van der Waals surface area (Å²) in [5, 5.41) is 35.3. The number of fused-ring (bicyclic) bond motifs is 1. The molecule has 1 aliphatic heterocycles. The molecule has 0 saturated carbocycles. The van der Waals surface area contributed by atoms with Gasteiger partial charge in [0.05, 0.1) is 33.5 Å². The Labute approximate surface area is 317 Å². The fraction of sp³-hybridized carbons (Fsp3) is 0.692. The van der Waals surface area contributed by atoms with Gasteiger partial charge in [0, 0.05) is 37.1 Å². The molecule has 1 fully saturated rings. The van der Waals surface area contributed by atoms with Crippen LogP contribution in [0, 0.1) is 5.41 Å². The summed E-state index contributed by atoms with van der Waals surface area (Å²) in [7, 11) is -17.7. The van der Waals surface area contributed by atoms with Crippen molar-refractivity contribution in [3.05, 3.63) is 12.7 Å². The second-order valence-electron chi connectivity index (χ2n) is 12.8. The third kappa shape index (κ3) is 13.6. The van der Waals surface area contributed by atoms with E-state index in [-0.39, 0.29) is 53.8 Å².